The molecule has 2 aliphatic rings. The Morgan fingerprint density at radius 3 is 2.47 bits per heavy atom. The van der Waals surface area contributed by atoms with E-state index in [1.165, 1.54) is 10.6 Å². The van der Waals surface area contributed by atoms with Crippen molar-refractivity contribution in [2.45, 2.75) is 50.7 Å². The van der Waals surface area contributed by atoms with Gasteiger partial charge in [-0.15, -0.1) is 0 Å². The van der Waals surface area contributed by atoms with Crippen LogP contribution in [0.15, 0.2) is 63.0 Å². The van der Waals surface area contributed by atoms with Gasteiger partial charge in [-0.05, 0) is 61.6 Å². The van der Waals surface area contributed by atoms with Crippen LogP contribution in [0, 0.1) is 13.8 Å². The van der Waals surface area contributed by atoms with Crippen LogP contribution in [-0.2, 0) is 23.1 Å². The lowest BCUT2D eigenvalue weighted by molar-refractivity contribution is 0.0950. The molecular weight excluding hydrogens is 504 g/mol. The molecule has 0 unspecified atom stereocenters. The Morgan fingerprint density at radius 2 is 1.87 bits per heavy atom. The smallest absolute Gasteiger partial charge is 0.254 e. The predicted molar refractivity (Wildman–Crippen MR) is 144 cm³/mol. The van der Waals surface area contributed by atoms with E-state index in [1.54, 1.807) is 39.2 Å². The lowest BCUT2D eigenvalue weighted by atomic mass is 10.1. The van der Waals surface area contributed by atoms with Crippen molar-refractivity contribution in [1.82, 2.24) is 14.9 Å². The molecule has 3 aromatic rings. The second-order valence-corrected chi connectivity index (χ2v) is 11.5. The minimum absolute atomic E-state index is 0.0601. The predicted octanol–water partition coefficient (Wildman–Crippen LogP) is 3.54. The number of aryl methyl sites for hydroxylation is 2. The van der Waals surface area contributed by atoms with Crippen LogP contribution < -0.4 is 15.4 Å². The second kappa shape index (κ2) is 10.6. The van der Waals surface area contributed by atoms with Crippen molar-refractivity contribution in [1.29, 1.82) is 0 Å². The van der Waals surface area contributed by atoms with E-state index >= 15 is 0 Å². The monoisotopic (exact) mass is 536 g/mol. The number of benzene rings is 2. The number of furan rings is 1. The minimum atomic E-state index is -3.79. The van der Waals surface area contributed by atoms with E-state index < -0.39 is 10.0 Å². The maximum absolute atomic E-state index is 13.7. The first-order chi connectivity index (χ1) is 18.3. The number of sulfonamides is 1. The van der Waals surface area contributed by atoms with Gasteiger partial charge in [-0.2, -0.15) is 4.31 Å². The van der Waals surface area contributed by atoms with Crippen LogP contribution in [0.4, 0.5) is 0 Å². The number of nitrogens with one attached hydrogen (secondary N) is 2. The molecule has 0 bridgehead atoms. The van der Waals surface area contributed by atoms with E-state index in [0.717, 1.165) is 42.9 Å². The highest BCUT2D eigenvalue weighted by atomic mass is 32.2. The summed E-state index contributed by atoms with van der Waals surface area (Å²) in [5.41, 5.74) is 3.60. The van der Waals surface area contributed by atoms with Gasteiger partial charge in [-0.25, -0.2) is 8.42 Å². The van der Waals surface area contributed by atoms with Crippen LogP contribution in [0.1, 0.15) is 51.2 Å². The molecule has 2 aromatic carbocycles. The number of hydrogen-bond donors (Lipinski definition) is 2. The highest BCUT2D eigenvalue weighted by Gasteiger charge is 2.40. The number of hydrogen-bond acceptors (Lipinski definition) is 7. The Morgan fingerprint density at radius 1 is 1.16 bits per heavy atom. The molecule has 9 nitrogen and oxygen atoms in total. The van der Waals surface area contributed by atoms with Crippen LogP contribution >= 0.6 is 0 Å². The number of ether oxygens (including phenoxy) is 1. The van der Waals surface area contributed by atoms with E-state index in [2.05, 4.69) is 15.6 Å². The fraction of sp³-hybridized carbons (Fsp3) is 0.357. The highest BCUT2D eigenvalue weighted by Crippen LogP contribution is 2.36. The van der Waals surface area contributed by atoms with Gasteiger partial charge in [0.15, 0.2) is 0 Å². The molecule has 38 heavy (non-hydrogen) atoms. The zero-order valence-electron chi connectivity index (χ0n) is 21.8. The van der Waals surface area contributed by atoms with Crippen molar-refractivity contribution >= 4 is 21.8 Å². The summed E-state index contributed by atoms with van der Waals surface area (Å²) in [4.78, 5) is 17.5. The highest BCUT2D eigenvalue weighted by molar-refractivity contribution is 7.89. The standard InChI is InChI=1S/C28H32N4O5S/c1-18-12-24(36-3)13-19(2)26(18)38(34,35)32(23-8-9-23)16-25-14-22(17-37-25)28(33)31-15-20-4-6-21(7-5-20)27-29-10-11-30-27/h4-7,12-14,17,23H,8-11,15-16H2,1-3H3,(H,29,30)(H,31,33). The Kier molecular flexibility index (Phi) is 7.27. The van der Waals surface area contributed by atoms with Gasteiger partial charge in [0.25, 0.3) is 5.91 Å². The first-order valence-electron chi connectivity index (χ1n) is 12.7. The van der Waals surface area contributed by atoms with Crippen molar-refractivity contribution in [3.05, 3.63) is 82.3 Å². The maximum Gasteiger partial charge on any atom is 0.254 e. The molecule has 0 atom stereocenters. The first kappa shape index (κ1) is 26.0. The number of methoxy groups -OCH3 is 1. The number of aliphatic imine (C=N–C) groups is 1. The average molecular weight is 537 g/mol. The molecule has 1 aliphatic heterocycles. The molecule has 2 N–H and O–H groups in total. The topological polar surface area (TPSA) is 113 Å². The third-order valence-electron chi connectivity index (χ3n) is 6.77. The molecule has 1 amide bonds. The van der Waals surface area contributed by atoms with E-state index in [4.69, 9.17) is 9.15 Å². The van der Waals surface area contributed by atoms with Crippen molar-refractivity contribution < 1.29 is 22.4 Å². The van der Waals surface area contributed by atoms with Crippen LogP contribution in [0.3, 0.4) is 0 Å². The summed E-state index contributed by atoms with van der Waals surface area (Å²) in [7, 11) is -2.23. The Balaban J connectivity index is 1.25. The summed E-state index contributed by atoms with van der Waals surface area (Å²) >= 11 is 0. The van der Waals surface area contributed by atoms with E-state index in [1.807, 2.05) is 24.3 Å². The van der Waals surface area contributed by atoms with Gasteiger partial charge in [-0.3, -0.25) is 9.79 Å². The van der Waals surface area contributed by atoms with E-state index in [-0.39, 0.29) is 23.4 Å². The Bertz CT molecular complexity index is 1450. The third-order valence-corrected chi connectivity index (χ3v) is 8.98. The summed E-state index contributed by atoms with van der Waals surface area (Å²) in [5.74, 6) is 1.65. The molecule has 1 saturated carbocycles. The number of amides is 1. The van der Waals surface area contributed by atoms with Gasteiger partial charge >= 0.3 is 0 Å². The number of carbonyl (C=O) groups is 1. The Labute approximate surface area is 222 Å². The summed E-state index contributed by atoms with van der Waals surface area (Å²) in [6, 6.07) is 12.9. The fourth-order valence-corrected chi connectivity index (χ4v) is 6.78. The molecule has 0 radical (unpaired) electrons. The maximum atomic E-state index is 13.7. The summed E-state index contributed by atoms with van der Waals surface area (Å²) in [6.45, 7) is 5.60. The van der Waals surface area contributed by atoms with Crippen LogP contribution in [0.25, 0.3) is 0 Å². The van der Waals surface area contributed by atoms with Gasteiger partial charge in [-0.1, -0.05) is 24.3 Å². The lowest BCUT2D eigenvalue weighted by Gasteiger charge is -2.23. The molecule has 10 heteroatoms. The number of nitrogens with zero attached hydrogens (tertiary/aromatic N) is 2. The van der Waals surface area contributed by atoms with Gasteiger partial charge in [0, 0.05) is 24.7 Å². The number of carbonyl (C=O) groups excluding carboxylic acids is 1. The van der Waals surface area contributed by atoms with Crippen molar-refractivity contribution in [3.8, 4) is 5.75 Å². The molecule has 1 fully saturated rings. The minimum Gasteiger partial charge on any atom is -0.497 e. The second-order valence-electron chi connectivity index (χ2n) is 9.71. The summed E-state index contributed by atoms with van der Waals surface area (Å²) in [5, 5.41) is 6.14. The summed E-state index contributed by atoms with van der Waals surface area (Å²) in [6.07, 6.45) is 2.96. The lowest BCUT2D eigenvalue weighted by Crippen LogP contribution is -2.33. The largest absolute Gasteiger partial charge is 0.497 e. The fourth-order valence-electron chi connectivity index (χ4n) is 4.72. The van der Waals surface area contributed by atoms with Crippen molar-refractivity contribution in [2.24, 2.45) is 4.99 Å². The molecule has 5 rings (SSSR count). The normalized spacial score (nSPS) is 15.3. The number of amidine groups is 1. The Hall–Kier alpha value is -3.63. The average Bonchev–Trinajstić information content (AvgIpc) is 3.37. The van der Waals surface area contributed by atoms with Crippen molar-refractivity contribution in [3.63, 3.8) is 0 Å². The number of rotatable bonds is 10. The molecule has 2 heterocycles. The molecule has 1 aromatic heterocycles. The van der Waals surface area contributed by atoms with Gasteiger partial charge in [0.05, 0.1) is 30.7 Å². The van der Waals surface area contributed by atoms with Crippen molar-refractivity contribution in [2.75, 3.05) is 20.2 Å². The van der Waals surface area contributed by atoms with Gasteiger partial charge in [0.1, 0.15) is 23.6 Å². The quantitative estimate of drug-likeness (QED) is 0.410. The molecule has 0 saturated heterocycles. The molecular formula is C28H32N4O5S. The SMILES string of the molecule is COc1cc(C)c(S(=O)(=O)N(Cc2cc(C(=O)NCc3ccc(C4=NCCN4)cc3)co2)C2CC2)c(C)c1. The van der Waals surface area contributed by atoms with E-state index in [9.17, 15) is 13.2 Å². The molecule has 0 spiro atoms. The zero-order chi connectivity index (χ0) is 26.9. The van der Waals surface area contributed by atoms with Crippen LogP contribution in [0.5, 0.6) is 5.75 Å². The third kappa shape index (κ3) is 5.46. The first-order valence-corrected chi connectivity index (χ1v) is 14.1. The van der Waals surface area contributed by atoms with Crippen LogP contribution in [-0.4, -0.2) is 50.7 Å². The van der Waals surface area contributed by atoms with Gasteiger partial charge < -0.3 is 19.8 Å². The molecule has 1 aliphatic carbocycles. The summed E-state index contributed by atoms with van der Waals surface area (Å²) < 4.78 is 39.9. The van der Waals surface area contributed by atoms with E-state index in [0.29, 0.717) is 34.7 Å². The van der Waals surface area contributed by atoms with Gasteiger partial charge in [0.2, 0.25) is 10.0 Å². The molecule has 200 valence electrons. The zero-order valence-corrected chi connectivity index (χ0v) is 22.6. The van der Waals surface area contributed by atoms with Crippen LogP contribution in [0.2, 0.25) is 0 Å².